The highest BCUT2D eigenvalue weighted by Crippen LogP contribution is 2.27. The van der Waals surface area contributed by atoms with Crippen molar-refractivity contribution in [1.29, 1.82) is 0 Å². The molecule has 0 radical (unpaired) electrons. The number of carbonyl (C=O) groups is 1. The van der Waals surface area contributed by atoms with E-state index in [1.165, 1.54) is 6.33 Å². The van der Waals surface area contributed by atoms with Crippen LogP contribution < -0.4 is 21.1 Å². The van der Waals surface area contributed by atoms with Crippen molar-refractivity contribution in [3.8, 4) is 18.1 Å². The molecule has 0 saturated carbocycles. The smallest absolute Gasteiger partial charge is 0.255 e. The minimum atomic E-state index is -0.229. The third-order valence-corrected chi connectivity index (χ3v) is 5.73. The highest BCUT2D eigenvalue weighted by atomic mass is 16.5. The molecule has 5 aromatic rings. The van der Waals surface area contributed by atoms with Gasteiger partial charge in [0.1, 0.15) is 24.5 Å². The summed E-state index contributed by atoms with van der Waals surface area (Å²) in [6, 6.07) is 27.6. The number of para-hydroxylation sites is 2. The maximum Gasteiger partial charge on any atom is 0.255 e. The fourth-order valence-electron chi connectivity index (χ4n) is 3.77. The largest absolute Gasteiger partial charge is 0.489 e. The van der Waals surface area contributed by atoms with Gasteiger partial charge in [-0.1, -0.05) is 36.3 Å². The van der Waals surface area contributed by atoms with Crippen LogP contribution in [-0.2, 0) is 6.61 Å². The predicted octanol–water partition coefficient (Wildman–Crippen LogP) is 5.77. The van der Waals surface area contributed by atoms with E-state index in [0.29, 0.717) is 35.1 Å². The van der Waals surface area contributed by atoms with Crippen LogP contribution >= 0.6 is 0 Å². The molecule has 0 spiro atoms. The molecule has 1 heterocycles. The van der Waals surface area contributed by atoms with Gasteiger partial charge < -0.3 is 21.1 Å². The molecule has 37 heavy (non-hydrogen) atoms. The molecular weight excluding hydrogens is 462 g/mol. The summed E-state index contributed by atoms with van der Waals surface area (Å²) in [4.78, 5) is 21.3. The number of rotatable bonds is 7. The molecule has 0 atom stereocenters. The van der Waals surface area contributed by atoms with Gasteiger partial charge in [0.15, 0.2) is 0 Å². The first-order chi connectivity index (χ1) is 18.1. The van der Waals surface area contributed by atoms with Crippen molar-refractivity contribution in [2.24, 2.45) is 0 Å². The van der Waals surface area contributed by atoms with Gasteiger partial charge >= 0.3 is 0 Å². The second-order valence-corrected chi connectivity index (χ2v) is 8.28. The topological polar surface area (TPSA) is 102 Å². The monoisotopic (exact) mass is 485 g/mol. The number of aromatic nitrogens is 2. The number of nitrogens with zero attached hydrogens (tertiary/aromatic N) is 2. The molecule has 4 aromatic carbocycles. The molecular formula is C30H23N5O2. The minimum Gasteiger partial charge on any atom is -0.489 e. The number of amides is 1. The Labute approximate surface area is 214 Å². The number of benzene rings is 4. The van der Waals surface area contributed by atoms with Crippen molar-refractivity contribution in [2.45, 2.75) is 6.61 Å². The van der Waals surface area contributed by atoms with E-state index in [9.17, 15) is 4.79 Å². The lowest BCUT2D eigenvalue weighted by atomic mass is 10.1. The number of hydrogen-bond donors (Lipinski definition) is 3. The Balaban J connectivity index is 1.27. The number of anilines is 4. The first kappa shape index (κ1) is 23.4. The Morgan fingerprint density at radius 3 is 2.59 bits per heavy atom. The molecule has 1 amide bonds. The van der Waals surface area contributed by atoms with Crippen LogP contribution in [0.15, 0.2) is 97.3 Å². The van der Waals surface area contributed by atoms with E-state index >= 15 is 0 Å². The van der Waals surface area contributed by atoms with Crippen molar-refractivity contribution in [2.75, 3.05) is 16.4 Å². The molecule has 7 nitrogen and oxygen atoms in total. The van der Waals surface area contributed by atoms with E-state index in [-0.39, 0.29) is 5.91 Å². The molecule has 4 N–H and O–H groups in total. The Morgan fingerprint density at radius 2 is 1.78 bits per heavy atom. The molecule has 0 unspecified atom stereocenters. The summed E-state index contributed by atoms with van der Waals surface area (Å²) < 4.78 is 6.03. The van der Waals surface area contributed by atoms with Crippen LogP contribution in [0.25, 0.3) is 10.9 Å². The third kappa shape index (κ3) is 5.50. The van der Waals surface area contributed by atoms with Gasteiger partial charge in [-0.25, -0.2) is 9.97 Å². The zero-order chi connectivity index (χ0) is 25.6. The van der Waals surface area contributed by atoms with Crippen molar-refractivity contribution in [3.63, 3.8) is 0 Å². The fraction of sp³-hybridized carbons (Fsp3) is 0.0333. The summed E-state index contributed by atoms with van der Waals surface area (Å²) >= 11 is 0. The lowest BCUT2D eigenvalue weighted by Gasteiger charge is -2.11. The summed E-state index contributed by atoms with van der Waals surface area (Å²) in [5.74, 6) is 3.73. The average Bonchev–Trinajstić information content (AvgIpc) is 2.93. The van der Waals surface area contributed by atoms with E-state index in [0.717, 1.165) is 27.7 Å². The first-order valence-corrected chi connectivity index (χ1v) is 11.5. The summed E-state index contributed by atoms with van der Waals surface area (Å²) in [6.45, 7) is 0.333. The van der Waals surface area contributed by atoms with Gasteiger partial charge in [0, 0.05) is 22.2 Å². The zero-order valence-corrected chi connectivity index (χ0v) is 19.8. The molecule has 7 heteroatoms. The minimum absolute atomic E-state index is 0.229. The number of terminal acetylenes is 1. The normalized spacial score (nSPS) is 10.5. The third-order valence-electron chi connectivity index (χ3n) is 5.73. The number of nitrogen functional groups attached to an aromatic ring is 1. The van der Waals surface area contributed by atoms with Gasteiger partial charge in [-0.05, 0) is 66.2 Å². The summed E-state index contributed by atoms with van der Waals surface area (Å²) in [5, 5.41) is 6.96. The lowest BCUT2D eigenvalue weighted by molar-refractivity contribution is 0.102. The number of fused-ring (bicyclic) bond motifs is 1. The summed E-state index contributed by atoms with van der Waals surface area (Å²) in [5.41, 5.74) is 10.9. The number of hydrogen-bond acceptors (Lipinski definition) is 6. The Hall–Kier alpha value is -5.35. The van der Waals surface area contributed by atoms with Crippen LogP contribution in [0, 0.1) is 12.3 Å². The van der Waals surface area contributed by atoms with Crippen molar-refractivity contribution >= 4 is 39.7 Å². The number of nitrogens with two attached hydrogens (primary N) is 1. The van der Waals surface area contributed by atoms with Crippen LogP contribution in [0.5, 0.6) is 5.75 Å². The van der Waals surface area contributed by atoms with Crippen molar-refractivity contribution < 1.29 is 9.53 Å². The van der Waals surface area contributed by atoms with Gasteiger partial charge in [-0.2, -0.15) is 0 Å². The second-order valence-electron chi connectivity index (χ2n) is 8.28. The molecule has 0 aliphatic heterocycles. The zero-order valence-electron chi connectivity index (χ0n) is 19.8. The predicted molar refractivity (Wildman–Crippen MR) is 147 cm³/mol. The maximum atomic E-state index is 12.6. The molecule has 0 aliphatic rings. The molecule has 0 saturated heterocycles. The van der Waals surface area contributed by atoms with Crippen molar-refractivity contribution in [1.82, 2.24) is 9.97 Å². The second kappa shape index (κ2) is 10.5. The van der Waals surface area contributed by atoms with E-state index in [2.05, 4.69) is 26.5 Å². The van der Waals surface area contributed by atoms with E-state index in [1.54, 1.807) is 24.3 Å². The molecule has 5 rings (SSSR count). The SMILES string of the molecule is C#Cc1cccc(Nc2ncnc3ccc(OCc4ccc(C(=O)Nc5ccccc5N)cc4)cc23)c1. The van der Waals surface area contributed by atoms with Crippen LogP contribution in [0.1, 0.15) is 21.5 Å². The fourth-order valence-corrected chi connectivity index (χ4v) is 3.77. The summed E-state index contributed by atoms with van der Waals surface area (Å²) in [6.07, 6.45) is 7.03. The Kier molecular flexibility index (Phi) is 6.64. The van der Waals surface area contributed by atoms with Gasteiger partial charge in [-0.3, -0.25) is 4.79 Å². The average molecular weight is 486 g/mol. The van der Waals surface area contributed by atoms with E-state index in [1.807, 2.05) is 66.7 Å². The number of carbonyl (C=O) groups excluding carboxylic acids is 1. The molecule has 0 fully saturated rings. The van der Waals surface area contributed by atoms with Crippen LogP contribution in [-0.4, -0.2) is 15.9 Å². The van der Waals surface area contributed by atoms with E-state index < -0.39 is 0 Å². The molecule has 0 aliphatic carbocycles. The lowest BCUT2D eigenvalue weighted by Crippen LogP contribution is -2.13. The quantitative estimate of drug-likeness (QED) is 0.200. The number of ether oxygens (including phenoxy) is 1. The Morgan fingerprint density at radius 1 is 0.946 bits per heavy atom. The van der Waals surface area contributed by atoms with Crippen LogP contribution in [0.3, 0.4) is 0 Å². The van der Waals surface area contributed by atoms with Crippen molar-refractivity contribution in [3.05, 3.63) is 114 Å². The molecule has 1 aromatic heterocycles. The maximum absolute atomic E-state index is 12.6. The first-order valence-electron chi connectivity index (χ1n) is 11.5. The highest BCUT2D eigenvalue weighted by Gasteiger charge is 2.09. The van der Waals surface area contributed by atoms with Gasteiger partial charge in [0.05, 0.1) is 16.9 Å². The highest BCUT2D eigenvalue weighted by molar-refractivity contribution is 6.05. The van der Waals surface area contributed by atoms with Crippen LogP contribution in [0.4, 0.5) is 22.9 Å². The van der Waals surface area contributed by atoms with Gasteiger partial charge in [0.2, 0.25) is 0 Å². The summed E-state index contributed by atoms with van der Waals surface area (Å²) in [7, 11) is 0. The molecule has 0 bridgehead atoms. The Bertz CT molecular complexity index is 1620. The molecule has 180 valence electrons. The van der Waals surface area contributed by atoms with Gasteiger partial charge in [-0.15, -0.1) is 6.42 Å². The van der Waals surface area contributed by atoms with Gasteiger partial charge in [0.25, 0.3) is 5.91 Å². The van der Waals surface area contributed by atoms with E-state index in [4.69, 9.17) is 16.9 Å². The standard InChI is InChI=1S/C30H23N5O2/c1-2-20-6-5-7-23(16-20)34-29-25-17-24(14-15-27(25)32-19-33-29)37-18-21-10-12-22(13-11-21)30(36)35-28-9-4-3-8-26(28)31/h1,3-17,19H,18,31H2,(H,35,36)(H,32,33,34). The van der Waals surface area contributed by atoms with Crippen LogP contribution in [0.2, 0.25) is 0 Å². The number of nitrogens with one attached hydrogen (secondary N) is 2.